The summed E-state index contributed by atoms with van der Waals surface area (Å²) in [6.07, 6.45) is 3.49. The van der Waals surface area contributed by atoms with Crippen LogP contribution in [-0.4, -0.2) is 18.2 Å². The molecule has 42 heavy (non-hydrogen) atoms. The van der Waals surface area contributed by atoms with E-state index in [9.17, 15) is 18.7 Å². The Morgan fingerprint density at radius 2 is 1.76 bits per heavy atom. The molecule has 2 atom stereocenters. The van der Waals surface area contributed by atoms with E-state index in [1.807, 2.05) is 12.1 Å². The molecule has 1 saturated carbocycles. The molecule has 2 unspecified atom stereocenters. The van der Waals surface area contributed by atoms with Gasteiger partial charge < -0.3 is 14.6 Å². The van der Waals surface area contributed by atoms with E-state index < -0.39 is 41.0 Å². The minimum Gasteiger partial charge on any atom is -0.497 e. The van der Waals surface area contributed by atoms with Gasteiger partial charge in [-0.15, -0.1) is 0 Å². The predicted octanol–water partition coefficient (Wildman–Crippen LogP) is 8.65. The van der Waals surface area contributed by atoms with Gasteiger partial charge in [0, 0.05) is 28.5 Å². The third kappa shape index (κ3) is 4.56. The Balaban J connectivity index is 1.36. The molecule has 0 aromatic heterocycles. The minimum absolute atomic E-state index is 0.0664. The van der Waals surface area contributed by atoms with Gasteiger partial charge in [-0.3, -0.25) is 4.79 Å². The molecule has 220 valence electrons. The Labute approximate surface area is 242 Å². The van der Waals surface area contributed by atoms with Gasteiger partial charge in [0.25, 0.3) is 5.92 Å². The Bertz CT molecular complexity index is 1630. The highest BCUT2D eigenvalue weighted by Gasteiger charge is 2.65. The average Bonchev–Trinajstić information content (AvgIpc) is 3.57. The van der Waals surface area contributed by atoms with Crippen molar-refractivity contribution < 1.29 is 36.9 Å². The summed E-state index contributed by atoms with van der Waals surface area (Å²) in [6.45, 7) is 4.21. The summed E-state index contributed by atoms with van der Waals surface area (Å²) in [7, 11) is 1.52. The Kier molecular flexibility index (Phi) is 6.67. The maximum atomic E-state index is 15.9. The van der Waals surface area contributed by atoms with Crippen LogP contribution in [0.3, 0.4) is 0 Å². The lowest BCUT2D eigenvalue weighted by Gasteiger charge is -2.33. The fourth-order valence-electron chi connectivity index (χ4n) is 6.88. The zero-order valence-corrected chi connectivity index (χ0v) is 23.7. The smallest absolute Gasteiger partial charge is 0.307 e. The summed E-state index contributed by atoms with van der Waals surface area (Å²) in [6, 6.07) is 12.4. The number of hydrogen-bond donors (Lipinski definition) is 1. The molecule has 1 N–H and O–H groups in total. The van der Waals surface area contributed by atoms with Crippen molar-refractivity contribution in [3.05, 3.63) is 88.5 Å². The lowest BCUT2D eigenvalue weighted by atomic mass is 9.76. The highest BCUT2D eigenvalue weighted by Crippen LogP contribution is 2.65. The molecule has 0 saturated heterocycles. The summed E-state index contributed by atoms with van der Waals surface area (Å²) in [5.41, 5.74) is 1.69. The first-order chi connectivity index (χ1) is 19.9. The molecule has 0 bridgehead atoms. The van der Waals surface area contributed by atoms with Crippen molar-refractivity contribution in [2.24, 2.45) is 11.3 Å². The normalized spacial score (nSPS) is 23.3. The first-order valence-electron chi connectivity index (χ1n) is 14.1. The van der Waals surface area contributed by atoms with Gasteiger partial charge in [-0.2, -0.15) is 0 Å². The zero-order chi connectivity index (χ0) is 30.0. The first-order valence-corrected chi connectivity index (χ1v) is 14.1. The molecule has 3 aromatic carbocycles. The maximum Gasteiger partial charge on any atom is 0.307 e. The van der Waals surface area contributed by atoms with Crippen LogP contribution in [0.5, 0.6) is 11.5 Å². The van der Waals surface area contributed by atoms with Gasteiger partial charge in [-0.25, -0.2) is 17.6 Å². The number of carboxylic acids is 1. The van der Waals surface area contributed by atoms with E-state index in [0.29, 0.717) is 22.4 Å². The molecule has 3 aromatic rings. The van der Waals surface area contributed by atoms with Crippen LogP contribution in [0.15, 0.2) is 54.6 Å². The van der Waals surface area contributed by atoms with Crippen molar-refractivity contribution in [3.63, 3.8) is 0 Å². The van der Waals surface area contributed by atoms with E-state index in [1.165, 1.54) is 19.2 Å². The lowest BCUT2D eigenvalue weighted by molar-refractivity contribution is -0.139. The summed E-state index contributed by atoms with van der Waals surface area (Å²) in [4.78, 5) is 11.7. The summed E-state index contributed by atoms with van der Waals surface area (Å²) < 4.78 is 71.7. The Hall–Kier alpha value is -3.81. The third-order valence-corrected chi connectivity index (χ3v) is 9.34. The fourth-order valence-corrected chi connectivity index (χ4v) is 6.88. The van der Waals surface area contributed by atoms with Crippen molar-refractivity contribution in [2.45, 2.75) is 63.9 Å². The monoisotopic (exact) mass is 580 g/mol. The van der Waals surface area contributed by atoms with Crippen molar-refractivity contribution in [2.75, 3.05) is 7.11 Å². The van der Waals surface area contributed by atoms with Crippen molar-refractivity contribution in [1.29, 1.82) is 0 Å². The molecule has 4 nitrogen and oxygen atoms in total. The first kappa shape index (κ1) is 28.3. The number of aliphatic carboxylic acids is 1. The molecular weight excluding hydrogens is 548 g/mol. The largest absolute Gasteiger partial charge is 0.497 e. The van der Waals surface area contributed by atoms with Crippen molar-refractivity contribution >= 4 is 11.5 Å². The molecule has 3 aliphatic carbocycles. The second kappa shape index (κ2) is 9.89. The van der Waals surface area contributed by atoms with Gasteiger partial charge in [0.2, 0.25) is 0 Å². The van der Waals surface area contributed by atoms with Crippen LogP contribution in [-0.2, 0) is 22.7 Å². The molecule has 1 fully saturated rings. The van der Waals surface area contributed by atoms with Gasteiger partial charge in [-0.05, 0) is 89.8 Å². The lowest BCUT2D eigenvalue weighted by Crippen LogP contribution is -2.31. The third-order valence-electron chi connectivity index (χ3n) is 9.34. The van der Waals surface area contributed by atoms with E-state index in [-0.39, 0.29) is 42.0 Å². The van der Waals surface area contributed by atoms with Gasteiger partial charge >= 0.3 is 5.97 Å². The van der Waals surface area contributed by atoms with Crippen LogP contribution in [0, 0.1) is 23.0 Å². The molecule has 0 radical (unpaired) electrons. The number of rotatable bonds is 7. The number of benzene rings is 3. The van der Waals surface area contributed by atoms with Crippen LogP contribution >= 0.6 is 0 Å². The van der Waals surface area contributed by atoms with Crippen molar-refractivity contribution in [3.8, 4) is 22.6 Å². The van der Waals surface area contributed by atoms with Crippen LogP contribution in [0.4, 0.5) is 17.6 Å². The Morgan fingerprint density at radius 1 is 0.976 bits per heavy atom. The number of allylic oxidation sites excluding steroid dienone is 2. The average molecular weight is 581 g/mol. The van der Waals surface area contributed by atoms with Gasteiger partial charge in [-0.1, -0.05) is 32.1 Å². The molecule has 1 spiro atoms. The van der Waals surface area contributed by atoms with Crippen LogP contribution in [0.2, 0.25) is 0 Å². The molecule has 0 amide bonds. The van der Waals surface area contributed by atoms with Crippen LogP contribution in [0.1, 0.15) is 68.2 Å². The molecule has 3 aliphatic rings. The number of carbonyl (C=O) groups is 1. The van der Waals surface area contributed by atoms with Gasteiger partial charge in [0.05, 0.1) is 13.0 Å². The number of carboxylic acid groups (broad SMARTS) is 1. The number of methoxy groups -OCH3 is 1. The molecule has 0 heterocycles. The second-order valence-corrected chi connectivity index (χ2v) is 12.3. The topological polar surface area (TPSA) is 55.8 Å². The molecular formula is C34H32F4O4. The number of halogens is 4. The maximum absolute atomic E-state index is 15.9. The minimum atomic E-state index is -3.24. The van der Waals surface area contributed by atoms with Gasteiger partial charge in [0.1, 0.15) is 18.2 Å². The number of fused-ring (bicyclic) bond motifs is 2. The fraction of sp³-hybridized carbons (Fsp3) is 0.382. The highest BCUT2D eigenvalue weighted by molar-refractivity contribution is 5.85. The quantitative estimate of drug-likeness (QED) is 0.284. The van der Waals surface area contributed by atoms with Gasteiger partial charge in [0.15, 0.2) is 11.6 Å². The van der Waals surface area contributed by atoms with E-state index in [0.717, 1.165) is 30.0 Å². The van der Waals surface area contributed by atoms with E-state index in [4.69, 9.17) is 9.47 Å². The highest BCUT2D eigenvalue weighted by atomic mass is 19.3. The zero-order valence-electron chi connectivity index (χ0n) is 23.7. The van der Waals surface area contributed by atoms with E-state index in [1.54, 1.807) is 18.2 Å². The van der Waals surface area contributed by atoms with Crippen LogP contribution in [0.25, 0.3) is 16.7 Å². The molecule has 0 aliphatic heterocycles. The number of ether oxygens (including phenoxy) is 2. The SMILES string of the molecule is COc1ccc(F)c(-c2ccc(COc3ccc4c(c3F)C3(CCC4(F)F)CC3C(=O)O)cc2C2=CCCC2(C)C)c1. The second-order valence-electron chi connectivity index (χ2n) is 12.3. The van der Waals surface area contributed by atoms with Crippen LogP contribution < -0.4 is 9.47 Å². The summed E-state index contributed by atoms with van der Waals surface area (Å²) in [5, 5.41) is 9.57. The predicted molar refractivity (Wildman–Crippen MR) is 151 cm³/mol. The molecule has 6 rings (SSSR count). The molecule has 8 heteroatoms. The van der Waals surface area contributed by atoms with Crippen molar-refractivity contribution in [1.82, 2.24) is 0 Å². The number of alkyl halides is 2. The standard InChI is InChI=1S/C34H32F4O4/c1-32(2)12-4-5-24(32)22-15-19(6-8-21(22)23-16-20(41-3)7-10-27(23)35)18-42-28-11-9-25-29(30(28)36)33(13-14-34(25,37)38)17-26(33)31(39)40/h5-11,15-16,26H,4,12-14,17-18H2,1-3H3,(H,39,40). The number of hydrogen-bond acceptors (Lipinski definition) is 3. The van der Waals surface area contributed by atoms with E-state index in [2.05, 4.69) is 19.9 Å². The summed E-state index contributed by atoms with van der Waals surface area (Å²) in [5.74, 6) is -6.24. The summed E-state index contributed by atoms with van der Waals surface area (Å²) >= 11 is 0. The Morgan fingerprint density at radius 3 is 2.43 bits per heavy atom. The van der Waals surface area contributed by atoms with E-state index >= 15 is 8.78 Å².